The fourth-order valence-corrected chi connectivity index (χ4v) is 3.24. The third-order valence-corrected chi connectivity index (χ3v) is 4.86. The minimum absolute atomic E-state index is 0.0441. The van der Waals surface area contributed by atoms with E-state index >= 15 is 0 Å². The minimum atomic E-state index is -0.237. The van der Waals surface area contributed by atoms with Gasteiger partial charge in [0, 0.05) is 42.2 Å². The molecule has 1 unspecified atom stereocenters. The molecule has 0 aliphatic carbocycles. The molecule has 0 aromatic heterocycles. The zero-order valence-electron chi connectivity index (χ0n) is 17.6. The third kappa shape index (κ3) is 6.82. The summed E-state index contributed by atoms with van der Waals surface area (Å²) in [6.07, 6.45) is 2.09. The second-order valence-corrected chi connectivity index (χ2v) is 7.26. The lowest BCUT2D eigenvalue weighted by molar-refractivity contribution is -0.114. The summed E-state index contributed by atoms with van der Waals surface area (Å²) >= 11 is 0. The van der Waals surface area contributed by atoms with Gasteiger partial charge in [0.15, 0.2) is 0 Å². The molecule has 2 aromatic rings. The van der Waals surface area contributed by atoms with Crippen molar-refractivity contribution >= 4 is 29.1 Å². The average Bonchev–Trinajstić information content (AvgIpc) is 3.31. The Morgan fingerprint density at radius 3 is 2.45 bits per heavy atom. The molecule has 1 aliphatic heterocycles. The molecular formula is C23H28N4O4. The first-order valence-electron chi connectivity index (χ1n) is 10.5. The van der Waals surface area contributed by atoms with Crippen LogP contribution in [-0.2, 0) is 9.53 Å². The quantitative estimate of drug-likeness (QED) is 0.494. The maximum absolute atomic E-state index is 12.2. The molecule has 4 N–H and O–H groups in total. The average molecular weight is 425 g/mol. The van der Waals surface area contributed by atoms with Crippen LogP contribution in [0.2, 0.25) is 0 Å². The highest BCUT2D eigenvalue weighted by molar-refractivity contribution is 5.97. The van der Waals surface area contributed by atoms with Crippen LogP contribution >= 0.6 is 0 Å². The Morgan fingerprint density at radius 1 is 0.968 bits per heavy atom. The van der Waals surface area contributed by atoms with E-state index in [-0.39, 0.29) is 30.4 Å². The standard InChI is InChI=1S/C23H28N4O4/c1-2-24-23(30)17-5-3-6-19(13-17)25-15-21(28)27-18-10-8-16(9-11-18)22(29)26-14-20-7-4-12-31-20/h3,5-6,8-11,13,20,25H,2,4,7,12,14-15H2,1H3,(H,24,30)(H,26,29)(H,27,28). The molecule has 2 aromatic carbocycles. The lowest BCUT2D eigenvalue weighted by Gasteiger charge is -2.11. The van der Waals surface area contributed by atoms with Crippen molar-refractivity contribution in [3.05, 3.63) is 59.7 Å². The van der Waals surface area contributed by atoms with Crippen LogP contribution in [0.15, 0.2) is 48.5 Å². The Morgan fingerprint density at radius 2 is 1.74 bits per heavy atom. The van der Waals surface area contributed by atoms with E-state index in [9.17, 15) is 14.4 Å². The molecule has 1 aliphatic rings. The van der Waals surface area contributed by atoms with Crippen molar-refractivity contribution in [2.75, 3.05) is 36.9 Å². The number of anilines is 2. The van der Waals surface area contributed by atoms with Crippen LogP contribution in [-0.4, -0.2) is 50.1 Å². The number of nitrogens with one attached hydrogen (secondary N) is 4. The van der Waals surface area contributed by atoms with Crippen molar-refractivity contribution in [1.29, 1.82) is 0 Å². The Bertz CT molecular complexity index is 908. The molecule has 31 heavy (non-hydrogen) atoms. The smallest absolute Gasteiger partial charge is 0.251 e. The Balaban J connectivity index is 1.45. The van der Waals surface area contributed by atoms with Gasteiger partial charge in [-0.3, -0.25) is 14.4 Å². The van der Waals surface area contributed by atoms with E-state index < -0.39 is 0 Å². The van der Waals surface area contributed by atoms with Gasteiger partial charge in [0.2, 0.25) is 5.91 Å². The van der Waals surface area contributed by atoms with Gasteiger partial charge < -0.3 is 26.0 Å². The molecule has 3 rings (SSSR count). The van der Waals surface area contributed by atoms with Gasteiger partial charge in [0.05, 0.1) is 12.6 Å². The summed E-state index contributed by atoms with van der Waals surface area (Å²) in [6, 6.07) is 13.7. The molecular weight excluding hydrogens is 396 g/mol. The molecule has 0 bridgehead atoms. The highest BCUT2D eigenvalue weighted by Gasteiger charge is 2.16. The summed E-state index contributed by atoms with van der Waals surface area (Å²) in [6.45, 7) is 3.71. The summed E-state index contributed by atoms with van der Waals surface area (Å²) in [4.78, 5) is 36.4. The van der Waals surface area contributed by atoms with Crippen LogP contribution in [0.1, 0.15) is 40.5 Å². The van der Waals surface area contributed by atoms with Crippen LogP contribution in [0, 0.1) is 0 Å². The van der Waals surface area contributed by atoms with Crippen LogP contribution in [0.3, 0.4) is 0 Å². The van der Waals surface area contributed by atoms with Crippen molar-refractivity contribution in [2.24, 2.45) is 0 Å². The van der Waals surface area contributed by atoms with E-state index in [1.807, 2.05) is 6.92 Å². The second kappa shape index (κ2) is 11.1. The van der Waals surface area contributed by atoms with Gasteiger partial charge in [0.25, 0.3) is 11.8 Å². The van der Waals surface area contributed by atoms with E-state index in [4.69, 9.17) is 4.74 Å². The molecule has 0 spiro atoms. The molecule has 1 saturated heterocycles. The molecule has 1 fully saturated rings. The van der Waals surface area contributed by atoms with E-state index in [2.05, 4.69) is 21.3 Å². The predicted molar refractivity (Wildman–Crippen MR) is 119 cm³/mol. The van der Waals surface area contributed by atoms with Crippen LogP contribution < -0.4 is 21.3 Å². The molecule has 1 atom stereocenters. The number of ether oxygens (including phenoxy) is 1. The zero-order chi connectivity index (χ0) is 22.1. The van der Waals surface area contributed by atoms with Gasteiger partial charge in [-0.25, -0.2) is 0 Å². The number of carbonyl (C=O) groups excluding carboxylic acids is 3. The first kappa shape index (κ1) is 22.3. The summed E-state index contributed by atoms with van der Waals surface area (Å²) in [7, 11) is 0. The SMILES string of the molecule is CCNC(=O)c1cccc(NCC(=O)Nc2ccc(C(=O)NCC3CCCO3)cc2)c1. The maximum atomic E-state index is 12.2. The van der Waals surface area contributed by atoms with E-state index in [0.717, 1.165) is 19.4 Å². The number of amides is 3. The number of hydrogen-bond donors (Lipinski definition) is 4. The van der Waals surface area contributed by atoms with E-state index in [1.54, 1.807) is 48.5 Å². The Hall–Kier alpha value is -3.39. The first-order chi connectivity index (χ1) is 15.0. The minimum Gasteiger partial charge on any atom is -0.376 e. The second-order valence-electron chi connectivity index (χ2n) is 7.26. The van der Waals surface area contributed by atoms with E-state index in [0.29, 0.717) is 35.6 Å². The van der Waals surface area contributed by atoms with Crippen molar-refractivity contribution in [3.63, 3.8) is 0 Å². The summed E-state index contributed by atoms with van der Waals surface area (Å²) in [5.41, 5.74) is 2.33. The van der Waals surface area contributed by atoms with Gasteiger partial charge >= 0.3 is 0 Å². The molecule has 0 radical (unpaired) electrons. The van der Waals surface area contributed by atoms with Gasteiger partial charge in [-0.15, -0.1) is 0 Å². The van der Waals surface area contributed by atoms with Gasteiger partial charge in [-0.1, -0.05) is 6.07 Å². The van der Waals surface area contributed by atoms with Gasteiger partial charge in [-0.05, 0) is 62.2 Å². The number of benzene rings is 2. The van der Waals surface area contributed by atoms with Crippen molar-refractivity contribution in [1.82, 2.24) is 10.6 Å². The monoisotopic (exact) mass is 424 g/mol. The normalized spacial score (nSPS) is 15.2. The molecule has 8 heteroatoms. The molecule has 3 amide bonds. The summed E-state index contributed by atoms with van der Waals surface area (Å²) in [5, 5.41) is 11.4. The Labute approximate surface area is 181 Å². The molecule has 0 saturated carbocycles. The lowest BCUT2D eigenvalue weighted by atomic mass is 10.1. The summed E-state index contributed by atoms with van der Waals surface area (Å²) in [5.74, 6) is -0.559. The van der Waals surface area contributed by atoms with Crippen LogP contribution in [0.4, 0.5) is 11.4 Å². The van der Waals surface area contributed by atoms with Crippen molar-refractivity contribution in [3.8, 4) is 0 Å². The van der Waals surface area contributed by atoms with Crippen LogP contribution in [0.25, 0.3) is 0 Å². The van der Waals surface area contributed by atoms with Crippen LogP contribution in [0.5, 0.6) is 0 Å². The number of hydrogen-bond acceptors (Lipinski definition) is 5. The largest absolute Gasteiger partial charge is 0.376 e. The first-order valence-corrected chi connectivity index (χ1v) is 10.5. The van der Waals surface area contributed by atoms with E-state index in [1.165, 1.54) is 0 Å². The topological polar surface area (TPSA) is 109 Å². The molecule has 1 heterocycles. The predicted octanol–water partition coefficient (Wildman–Crippen LogP) is 2.40. The van der Waals surface area contributed by atoms with Crippen molar-refractivity contribution < 1.29 is 19.1 Å². The molecule has 164 valence electrons. The van der Waals surface area contributed by atoms with Gasteiger partial charge in [-0.2, -0.15) is 0 Å². The van der Waals surface area contributed by atoms with Gasteiger partial charge in [0.1, 0.15) is 0 Å². The highest BCUT2D eigenvalue weighted by Crippen LogP contribution is 2.13. The third-order valence-electron chi connectivity index (χ3n) is 4.86. The van der Waals surface area contributed by atoms with Crippen molar-refractivity contribution in [2.45, 2.75) is 25.9 Å². The number of carbonyl (C=O) groups is 3. The maximum Gasteiger partial charge on any atom is 0.251 e. The molecule has 8 nitrogen and oxygen atoms in total. The summed E-state index contributed by atoms with van der Waals surface area (Å²) < 4.78 is 5.50. The highest BCUT2D eigenvalue weighted by atomic mass is 16.5. The Kier molecular flexibility index (Phi) is 8.00. The fraction of sp³-hybridized carbons (Fsp3) is 0.348. The lowest BCUT2D eigenvalue weighted by Crippen LogP contribution is -2.31. The number of rotatable bonds is 9. The fourth-order valence-electron chi connectivity index (χ4n) is 3.24. The zero-order valence-corrected chi connectivity index (χ0v) is 17.6.